The topological polar surface area (TPSA) is 46.9 Å². The highest BCUT2D eigenvalue weighted by Crippen LogP contribution is 2.36. The average Bonchev–Trinajstić information content (AvgIpc) is 2.94. The fourth-order valence-electron chi connectivity index (χ4n) is 3.14. The van der Waals surface area contributed by atoms with E-state index < -0.39 is 11.9 Å². The molecule has 4 nitrogen and oxygen atoms in total. The van der Waals surface area contributed by atoms with Gasteiger partial charge in [0, 0.05) is 22.9 Å². The molecule has 1 heterocycles. The Bertz CT molecular complexity index is 776. The van der Waals surface area contributed by atoms with E-state index in [-0.39, 0.29) is 11.9 Å². The highest BCUT2D eigenvalue weighted by atomic mass is 19.4. The molecule has 25 heavy (non-hydrogen) atoms. The molecule has 0 fully saturated rings. The molecule has 0 saturated heterocycles. The maximum absolute atomic E-state index is 13.3. The molecular weight excluding hydrogens is 331 g/mol. The molecular formula is C18H20F3N3O. The lowest BCUT2D eigenvalue weighted by atomic mass is 9.95. The molecule has 0 aliphatic heterocycles. The van der Waals surface area contributed by atoms with Crippen LogP contribution in [-0.4, -0.2) is 21.7 Å². The maximum Gasteiger partial charge on any atom is 0.435 e. The van der Waals surface area contributed by atoms with Gasteiger partial charge in [0.25, 0.3) is 5.91 Å². The number of nitrogens with one attached hydrogen (secondary N) is 1. The summed E-state index contributed by atoms with van der Waals surface area (Å²) in [5.41, 5.74) is 1.14. The minimum absolute atomic E-state index is 0.0136. The molecule has 2 aromatic rings. The van der Waals surface area contributed by atoms with Gasteiger partial charge in [0.05, 0.1) is 5.69 Å². The van der Waals surface area contributed by atoms with E-state index in [2.05, 4.69) is 10.4 Å². The average molecular weight is 351 g/mol. The van der Waals surface area contributed by atoms with Crippen LogP contribution >= 0.6 is 0 Å². The summed E-state index contributed by atoms with van der Waals surface area (Å²) >= 11 is 0. The summed E-state index contributed by atoms with van der Waals surface area (Å²) < 4.78 is 41.2. The quantitative estimate of drug-likeness (QED) is 0.911. The van der Waals surface area contributed by atoms with Crippen molar-refractivity contribution < 1.29 is 18.0 Å². The first-order chi connectivity index (χ1) is 11.8. The lowest BCUT2D eigenvalue weighted by molar-refractivity contribution is -0.142. The van der Waals surface area contributed by atoms with Crippen molar-refractivity contribution in [3.63, 3.8) is 0 Å². The summed E-state index contributed by atoms with van der Waals surface area (Å²) in [6, 6.07) is 6.50. The number of halogens is 3. The molecule has 7 heteroatoms. The Morgan fingerprint density at radius 2 is 1.80 bits per heavy atom. The number of alkyl halides is 3. The van der Waals surface area contributed by atoms with E-state index in [1.54, 1.807) is 24.3 Å². The minimum Gasteiger partial charge on any atom is -0.350 e. The number of carbonyl (C=O) groups is 1. The largest absolute Gasteiger partial charge is 0.435 e. The number of aromatic nitrogens is 2. The number of amides is 1. The molecule has 0 spiro atoms. The van der Waals surface area contributed by atoms with E-state index in [0.717, 1.165) is 12.8 Å². The molecule has 3 rings (SSSR count). The Hall–Kier alpha value is -2.31. The molecule has 1 aliphatic carbocycles. The van der Waals surface area contributed by atoms with Crippen molar-refractivity contribution in [2.45, 2.75) is 51.7 Å². The van der Waals surface area contributed by atoms with E-state index in [9.17, 15) is 18.0 Å². The zero-order chi connectivity index (χ0) is 18.2. The van der Waals surface area contributed by atoms with Crippen LogP contribution < -0.4 is 5.32 Å². The third kappa shape index (κ3) is 3.55. The van der Waals surface area contributed by atoms with E-state index in [4.69, 9.17) is 0 Å². The third-order valence-electron chi connectivity index (χ3n) is 4.24. The number of hydrogen-bond donors (Lipinski definition) is 1. The normalized spacial score (nSPS) is 14.5. The molecule has 0 atom stereocenters. The van der Waals surface area contributed by atoms with Crippen LogP contribution in [0.2, 0.25) is 0 Å². The van der Waals surface area contributed by atoms with Crippen LogP contribution in [0.1, 0.15) is 54.0 Å². The Morgan fingerprint density at radius 1 is 1.16 bits per heavy atom. The first-order valence-electron chi connectivity index (χ1n) is 8.36. The van der Waals surface area contributed by atoms with Crippen molar-refractivity contribution in [1.29, 1.82) is 0 Å². The molecule has 0 saturated carbocycles. The van der Waals surface area contributed by atoms with Gasteiger partial charge in [-0.3, -0.25) is 4.79 Å². The Morgan fingerprint density at radius 3 is 2.40 bits per heavy atom. The number of rotatable bonds is 3. The summed E-state index contributed by atoms with van der Waals surface area (Å²) in [6.07, 6.45) is -1.88. The highest BCUT2D eigenvalue weighted by Gasteiger charge is 2.39. The van der Waals surface area contributed by atoms with Gasteiger partial charge in [-0.15, -0.1) is 0 Å². The van der Waals surface area contributed by atoms with Gasteiger partial charge < -0.3 is 5.32 Å². The molecule has 0 radical (unpaired) electrons. The van der Waals surface area contributed by atoms with Gasteiger partial charge in [0.15, 0.2) is 5.69 Å². The van der Waals surface area contributed by atoms with Crippen molar-refractivity contribution in [3.05, 3.63) is 46.8 Å². The molecule has 1 aromatic carbocycles. The first-order valence-corrected chi connectivity index (χ1v) is 8.36. The van der Waals surface area contributed by atoms with Gasteiger partial charge in [-0.25, -0.2) is 4.68 Å². The maximum atomic E-state index is 13.3. The fourth-order valence-corrected chi connectivity index (χ4v) is 3.14. The Balaban J connectivity index is 1.97. The van der Waals surface area contributed by atoms with Gasteiger partial charge in [0.2, 0.25) is 0 Å². The number of fused-ring (bicyclic) bond motifs is 1. The molecule has 0 unspecified atom stereocenters. The summed E-state index contributed by atoms with van der Waals surface area (Å²) in [7, 11) is 0. The molecule has 1 amide bonds. The molecule has 134 valence electrons. The van der Waals surface area contributed by atoms with Crippen LogP contribution in [0, 0.1) is 0 Å². The Kier molecular flexibility index (Phi) is 4.58. The first kappa shape index (κ1) is 17.5. The lowest BCUT2D eigenvalue weighted by Crippen LogP contribution is -2.30. The van der Waals surface area contributed by atoms with Crippen LogP contribution in [0.25, 0.3) is 5.69 Å². The van der Waals surface area contributed by atoms with Crippen molar-refractivity contribution in [2.24, 2.45) is 0 Å². The van der Waals surface area contributed by atoms with Gasteiger partial charge in [-0.05, 0) is 63.8 Å². The predicted octanol–water partition coefficient (Wildman–Crippen LogP) is 3.91. The smallest absolute Gasteiger partial charge is 0.350 e. The van der Waals surface area contributed by atoms with Crippen molar-refractivity contribution in [3.8, 4) is 5.69 Å². The summed E-state index contributed by atoms with van der Waals surface area (Å²) in [6.45, 7) is 3.72. The van der Waals surface area contributed by atoms with Crippen molar-refractivity contribution in [2.75, 3.05) is 0 Å². The monoisotopic (exact) mass is 351 g/mol. The fraction of sp³-hybridized carbons (Fsp3) is 0.444. The second kappa shape index (κ2) is 6.54. The molecule has 1 N–H and O–H groups in total. The zero-order valence-electron chi connectivity index (χ0n) is 14.2. The van der Waals surface area contributed by atoms with Crippen LogP contribution in [-0.2, 0) is 19.0 Å². The number of nitrogens with zero attached hydrogens (tertiary/aromatic N) is 2. The van der Waals surface area contributed by atoms with Crippen molar-refractivity contribution >= 4 is 5.91 Å². The molecule has 1 aliphatic rings. The standard InChI is InChI=1S/C18H20F3N3O/c1-11(2)22-17(25)12-7-9-13(10-8-12)24-15-6-4-3-5-14(15)16(23-24)18(19,20)21/h7-11H,3-6H2,1-2H3,(H,22,25). The van der Waals surface area contributed by atoms with E-state index in [0.29, 0.717) is 35.3 Å². The van der Waals surface area contributed by atoms with Crippen molar-refractivity contribution in [1.82, 2.24) is 15.1 Å². The van der Waals surface area contributed by atoms with E-state index >= 15 is 0 Å². The minimum atomic E-state index is -4.45. The summed E-state index contributed by atoms with van der Waals surface area (Å²) in [5.74, 6) is -0.208. The SMILES string of the molecule is CC(C)NC(=O)c1ccc(-n2nc(C(F)(F)F)c3c2CCCC3)cc1. The number of hydrogen-bond acceptors (Lipinski definition) is 2. The van der Waals surface area contributed by atoms with Gasteiger partial charge in [-0.2, -0.15) is 18.3 Å². The van der Waals surface area contributed by atoms with Crippen LogP contribution in [0.4, 0.5) is 13.2 Å². The zero-order valence-corrected chi connectivity index (χ0v) is 14.2. The summed E-state index contributed by atoms with van der Waals surface area (Å²) in [4.78, 5) is 12.0. The third-order valence-corrected chi connectivity index (χ3v) is 4.24. The van der Waals surface area contributed by atoms with Gasteiger partial charge >= 0.3 is 6.18 Å². The van der Waals surface area contributed by atoms with Crippen LogP contribution in [0.15, 0.2) is 24.3 Å². The second-order valence-electron chi connectivity index (χ2n) is 6.57. The van der Waals surface area contributed by atoms with E-state index in [1.807, 2.05) is 13.8 Å². The Labute approximate surface area is 144 Å². The predicted molar refractivity (Wildman–Crippen MR) is 87.8 cm³/mol. The van der Waals surface area contributed by atoms with Gasteiger partial charge in [0.1, 0.15) is 0 Å². The number of benzene rings is 1. The van der Waals surface area contributed by atoms with Crippen LogP contribution in [0.3, 0.4) is 0 Å². The second-order valence-corrected chi connectivity index (χ2v) is 6.57. The molecule has 1 aromatic heterocycles. The number of carbonyl (C=O) groups excluding carboxylic acids is 1. The van der Waals surface area contributed by atoms with Crippen LogP contribution in [0.5, 0.6) is 0 Å². The lowest BCUT2D eigenvalue weighted by Gasteiger charge is -2.15. The molecule has 0 bridgehead atoms. The summed E-state index contributed by atoms with van der Waals surface area (Å²) in [5, 5.41) is 6.63. The highest BCUT2D eigenvalue weighted by molar-refractivity contribution is 5.94. The van der Waals surface area contributed by atoms with E-state index in [1.165, 1.54) is 4.68 Å². The van der Waals surface area contributed by atoms with Gasteiger partial charge in [-0.1, -0.05) is 0 Å².